The van der Waals surface area contributed by atoms with Gasteiger partial charge in [-0.15, -0.1) is 0 Å². The number of fused-ring (bicyclic) bond motifs is 1. The van der Waals surface area contributed by atoms with E-state index in [4.69, 9.17) is 0 Å². The summed E-state index contributed by atoms with van der Waals surface area (Å²) >= 11 is 0. The molecule has 0 radical (unpaired) electrons. The highest BCUT2D eigenvalue weighted by Gasteiger charge is 2.08. The average Bonchev–Trinajstić information content (AvgIpc) is 2.71. The van der Waals surface area contributed by atoms with E-state index < -0.39 is 10.0 Å². The summed E-state index contributed by atoms with van der Waals surface area (Å²) in [6.45, 7) is 0.373. The monoisotopic (exact) mass is 394 g/mol. The number of hydrogen-bond acceptors (Lipinski definition) is 3. The predicted octanol–water partition coefficient (Wildman–Crippen LogP) is 3.22. The summed E-state index contributed by atoms with van der Waals surface area (Å²) < 4.78 is 25.4. The van der Waals surface area contributed by atoms with Gasteiger partial charge >= 0.3 is 0 Å². The fourth-order valence-corrected chi connectivity index (χ4v) is 3.63. The van der Waals surface area contributed by atoms with E-state index >= 15 is 0 Å². The van der Waals surface area contributed by atoms with E-state index in [1.54, 1.807) is 12.1 Å². The number of nitrogens with one attached hydrogen (secondary N) is 2. The Morgan fingerprint density at radius 1 is 0.929 bits per heavy atom. The maximum absolute atomic E-state index is 12.1. The highest BCUT2D eigenvalue weighted by molar-refractivity contribution is 7.88. The van der Waals surface area contributed by atoms with Crippen molar-refractivity contribution in [3.8, 4) is 0 Å². The third-order valence-electron chi connectivity index (χ3n) is 4.40. The molecule has 3 aromatic carbocycles. The van der Waals surface area contributed by atoms with Gasteiger partial charge in [-0.05, 0) is 40.6 Å². The third-order valence-corrected chi connectivity index (χ3v) is 5.73. The molecule has 0 spiro atoms. The van der Waals surface area contributed by atoms with Gasteiger partial charge in [0.15, 0.2) is 0 Å². The second kappa shape index (κ2) is 8.82. The first-order valence-electron chi connectivity index (χ1n) is 8.89. The van der Waals surface area contributed by atoms with Gasteiger partial charge in [0.05, 0.1) is 5.75 Å². The Hall–Kier alpha value is -2.96. The van der Waals surface area contributed by atoms with Crippen molar-refractivity contribution in [1.82, 2.24) is 10.0 Å². The fourth-order valence-electron chi connectivity index (χ4n) is 2.85. The van der Waals surface area contributed by atoms with Crippen LogP contribution in [0.2, 0.25) is 0 Å². The number of sulfonamides is 1. The number of hydrogen-bond donors (Lipinski definition) is 2. The van der Waals surface area contributed by atoms with Gasteiger partial charge in [-0.25, -0.2) is 13.1 Å². The molecule has 0 atom stereocenters. The van der Waals surface area contributed by atoms with E-state index in [2.05, 4.69) is 10.0 Å². The van der Waals surface area contributed by atoms with Gasteiger partial charge < -0.3 is 5.32 Å². The second-order valence-corrected chi connectivity index (χ2v) is 8.33. The normalized spacial score (nSPS) is 11.8. The Kier molecular flexibility index (Phi) is 6.23. The molecule has 3 aromatic rings. The summed E-state index contributed by atoms with van der Waals surface area (Å²) in [5.74, 6) is -0.251. The van der Waals surface area contributed by atoms with Crippen molar-refractivity contribution in [3.05, 3.63) is 89.5 Å². The molecule has 3 rings (SSSR count). The molecule has 28 heavy (non-hydrogen) atoms. The number of benzene rings is 3. The molecule has 0 heterocycles. The molecule has 144 valence electrons. The smallest absolute Gasteiger partial charge is 0.244 e. The van der Waals surface area contributed by atoms with Gasteiger partial charge in [-0.2, -0.15) is 0 Å². The molecular formula is C22H22N2O3S. The lowest BCUT2D eigenvalue weighted by molar-refractivity contribution is -0.116. The SMILES string of the molecule is CNS(=O)(=O)Cc1ccc(CNC(=O)/C=C/c2cccc3ccccc23)cc1. The number of rotatable bonds is 7. The van der Waals surface area contributed by atoms with Gasteiger partial charge in [-0.3, -0.25) is 4.79 Å². The topological polar surface area (TPSA) is 75.3 Å². The van der Waals surface area contributed by atoms with E-state index in [0.29, 0.717) is 12.1 Å². The second-order valence-electron chi connectivity index (χ2n) is 6.40. The van der Waals surface area contributed by atoms with Crippen molar-refractivity contribution < 1.29 is 13.2 Å². The maximum Gasteiger partial charge on any atom is 0.244 e. The van der Waals surface area contributed by atoms with Crippen LogP contribution in [0.1, 0.15) is 16.7 Å². The van der Waals surface area contributed by atoms with Crippen molar-refractivity contribution in [2.75, 3.05) is 7.05 Å². The molecule has 0 aliphatic heterocycles. The van der Waals surface area contributed by atoms with Gasteiger partial charge in [0.25, 0.3) is 0 Å². The summed E-state index contributed by atoms with van der Waals surface area (Å²) in [6, 6.07) is 21.2. The zero-order valence-electron chi connectivity index (χ0n) is 15.6. The maximum atomic E-state index is 12.1. The van der Waals surface area contributed by atoms with E-state index in [0.717, 1.165) is 21.9 Å². The van der Waals surface area contributed by atoms with E-state index in [-0.39, 0.29) is 11.7 Å². The van der Waals surface area contributed by atoms with Crippen LogP contribution in [-0.2, 0) is 27.1 Å². The molecule has 0 aromatic heterocycles. The summed E-state index contributed by atoms with van der Waals surface area (Å²) in [6.07, 6.45) is 3.33. The summed E-state index contributed by atoms with van der Waals surface area (Å²) in [5.41, 5.74) is 2.58. The van der Waals surface area contributed by atoms with Crippen molar-refractivity contribution in [2.24, 2.45) is 0 Å². The molecule has 0 fully saturated rings. The molecular weight excluding hydrogens is 372 g/mol. The van der Waals surface area contributed by atoms with E-state index in [9.17, 15) is 13.2 Å². The number of amides is 1. The molecule has 6 heteroatoms. The molecule has 0 saturated heterocycles. The Balaban J connectivity index is 1.59. The van der Waals surface area contributed by atoms with Crippen LogP contribution in [0.3, 0.4) is 0 Å². The minimum Gasteiger partial charge on any atom is -0.348 e. The summed E-state index contributed by atoms with van der Waals surface area (Å²) in [7, 11) is -1.90. The summed E-state index contributed by atoms with van der Waals surface area (Å²) in [5, 5.41) is 5.07. The summed E-state index contributed by atoms with van der Waals surface area (Å²) in [4.78, 5) is 12.1. The third kappa shape index (κ3) is 5.28. The van der Waals surface area contributed by atoms with Crippen molar-refractivity contribution in [1.29, 1.82) is 0 Å². The largest absolute Gasteiger partial charge is 0.348 e. The van der Waals surface area contributed by atoms with Crippen molar-refractivity contribution >= 4 is 32.8 Å². The number of carbonyl (C=O) groups excluding carboxylic acids is 1. The van der Waals surface area contributed by atoms with Crippen LogP contribution in [0.5, 0.6) is 0 Å². The van der Waals surface area contributed by atoms with Crippen LogP contribution in [0, 0.1) is 0 Å². The zero-order valence-corrected chi connectivity index (χ0v) is 16.4. The fraction of sp³-hybridized carbons (Fsp3) is 0.136. The Morgan fingerprint density at radius 2 is 1.61 bits per heavy atom. The Bertz CT molecular complexity index is 1100. The quantitative estimate of drug-likeness (QED) is 0.604. The standard InChI is InChI=1S/C22H22N2O3S/c1-23-28(26,27)16-18-11-9-17(10-12-18)15-24-22(25)14-13-20-7-4-6-19-5-2-3-8-21(19)20/h2-14,23H,15-16H2,1H3,(H,24,25)/b14-13+. The van der Waals surface area contributed by atoms with Crippen LogP contribution < -0.4 is 10.0 Å². The molecule has 2 N–H and O–H groups in total. The van der Waals surface area contributed by atoms with E-state index in [1.807, 2.05) is 60.7 Å². The van der Waals surface area contributed by atoms with Gasteiger partial charge in [-0.1, -0.05) is 66.7 Å². The van der Waals surface area contributed by atoms with Crippen LogP contribution in [0.4, 0.5) is 0 Å². The first-order valence-corrected chi connectivity index (χ1v) is 10.5. The minimum atomic E-state index is -3.29. The lowest BCUT2D eigenvalue weighted by Gasteiger charge is -2.06. The minimum absolute atomic E-state index is 0.0656. The van der Waals surface area contributed by atoms with Crippen molar-refractivity contribution in [2.45, 2.75) is 12.3 Å². The molecule has 0 aliphatic carbocycles. The lowest BCUT2D eigenvalue weighted by Crippen LogP contribution is -2.21. The molecule has 1 amide bonds. The van der Waals surface area contributed by atoms with E-state index in [1.165, 1.54) is 13.1 Å². The van der Waals surface area contributed by atoms with Gasteiger partial charge in [0.1, 0.15) is 0 Å². The van der Waals surface area contributed by atoms with Crippen molar-refractivity contribution in [3.63, 3.8) is 0 Å². The lowest BCUT2D eigenvalue weighted by atomic mass is 10.0. The van der Waals surface area contributed by atoms with Crippen LogP contribution in [0.25, 0.3) is 16.8 Å². The Morgan fingerprint density at radius 3 is 2.36 bits per heavy atom. The highest BCUT2D eigenvalue weighted by atomic mass is 32.2. The molecule has 0 aliphatic rings. The van der Waals surface area contributed by atoms with Crippen LogP contribution >= 0.6 is 0 Å². The highest BCUT2D eigenvalue weighted by Crippen LogP contribution is 2.19. The van der Waals surface area contributed by atoms with Gasteiger partial charge in [0, 0.05) is 12.6 Å². The molecule has 0 unspecified atom stereocenters. The first kappa shape index (κ1) is 19.8. The average molecular weight is 394 g/mol. The Labute approximate surface area is 165 Å². The van der Waals surface area contributed by atoms with Gasteiger partial charge in [0.2, 0.25) is 15.9 Å². The number of carbonyl (C=O) groups is 1. The molecule has 0 bridgehead atoms. The van der Waals surface area contributed by atoms with Crippen LogP contribution in [0.15, 0.2) is 72.8 Å². The molecule has 0 saturated carbocycles. The van der Waals surface area contributed by atoms with Crippen LogP contribution in [-0.4, -0.2) is 21.4 Å². The molecule has 5 nitrogen and oxygen atoms in total. The predicted molar refractivity (Wildman–Crippen MR) is 113 cm³/mol. The first-order chi connectivity index (χ1) is 13.5. The zero-order chi connectivity index (χ0) is 20.0.